The Balaban J connectivity index is 2.39. The summed E-state index contributed by atoms with van der Waals surface area (Å²) < 4.78 is 48.5. The molecule has 1 atom stereocenters. The summed E-state index contributed by atoms with van der Waals surface area (Å²) in [4.78, 5) is -0.394. The number of β-amino-alcohol motifs (C(OH)–C–C–N with tert-alkyl or cyclic N) is 1. The van der Waals surface area contributed by atoms with Crippen LogP contribution in [0.4, 0.5) is 0 Å². The van der Waals surface area contributed by atoms with Gasteiger partial charge in [-0.1, -0.05) is 6.07 Å². The van der Waals surface area contributed by atoms with E-state index >= 15 is 0 Å². The second-order valence-electron chi connectivity index (χ2n) is 4.68. The number of aliphatic hydroxyl groups excluding tert-OH is 1. The van der Waals surface area contributed by atoms with Gasteiger partial charge in [0.25, 0.3) is 0 Å². The summed E-state index contributed by atoms with van der Waals surface area (Å²) in [5.74, 6) is 0. The second-order valence-corrected chi connectivity index (χ2v) is 8.18. The molecule has 3 N–H and O–H groups in total. The third-order valence-electron chi connectivity index (χ3n) is 3.13. The summed E-state index contributed by atoms with van der Waals surface area (Å²) in [5.41, 5.74) is 0. The Hall–Kier alpha value is -1.00. The van der Waals surface area contributed by atoms with Gasteiger partial charge in [-0.25, -0.2) is 22.0 Å². The minimum absolute atomic E-state index is 0.0158. The van der Waals surface area contributed by atoms with E-state index in [2.05, 4.69) is 0 Å². The lowest BCUT2D eigenvalue weighted by Crippen LogP contribution is -2.42. The quantitative estimate of drug-likeness (QED) is 0.777. The van der Waals surface area contributed by atoms with E-state index in [4.69, 9.17) is 5.14 Å². The fraction of sp³-hybridized carbons (Fsp3) is 0.455. The summed E-state index contributed by atoms with van der Waals surface area (Å²) in [5, 5.41) is 14.5. The molecule has 20 heavy (non-hydrogen) atoms. The number of primary sulfonamides is 1. The van der Waals surface area contributed by atoms with Gasteiger partial charge in [0, 0.05) is 13.1 Å². The second kappa shape index (κ2) is 5.41. The largest absolute Gasteiger partial charge is 0.392 e. The number of hydrogen-bond donors (Lipinski definition) is 2. The lowest BCUT2D eigenvalue weighted by Gasteiger charge is -2.29. The molecule has 1 aliphatic rings. The van der Waals surface area contributed by atoms with Crippen LogP contribution < -0.4 is 5.14 Å². The average Bonchev–Trinajstić information content (AvgIpc) is 2.38. The molecule has 1 saturated heterocycles. The highest BCUT2D eigenvalue weighted by Gasteiger charge is 2.30. The Morgan fingerprint density at radius 1 is 1.20 bits per heavy atom. The first-order chi connectivity index (χ1) is 9.21. The van der Waals surface area contributed by atoms with Crippen LogP contribution in [0.5, 0.6) is 0 Å². The van der Waals surface area contributed by atoms with E-state index in [1.807, 2.05) is 0 Å². The van der Waals surface area contributed by atoms with Crippen LogP contribution in [0.3, 0.4) is 0 Å². The third kappa shape index (κ3) is 3.18. The Morgan fingerprint density at radius 2 is 1.85 bits per heavy atom. The smallest absolute Gasteiger partial charge is 0.243 e. The molecule has 0 spiro atoms. The highest BCUT2D eigenvalue weighted by Crippen LogP contribution is 2.22. The Kier molecular flexibility index (Phi) is 4.17. The Morgan fingerprint density at radius 3 is 2.45 bits per heavy atom. The van der Waals surface area contributed by atoms with Crippen molar-refractivity contribution >= 4 is 20.0 Å². The molecule has 1 aliphatic heterocycles. The van der Waals surface area contributed by atoms with Crippen LogP contribution >= 0.6 is 0 Å². The molecule has 1 fully saturated rings. The molecule has 0 amide bonds. The highest BCUT2D eigenvalue weighted by molar-refractivity contribution is 7.90. The van der Waals surface area contributed by atoms with Gasteiger partial charge in [-0.15, -0.1) is 0 Å². The maximum Gasteiger partial charge on any atom is 0.243 e. The number of rotatable bonds is 3. The minimum Gasteiger partial charge on any atom is -0.392 e. The van der Waals surface area contributed by atoms with Crippen molar-refractivity contribution in [2.75, 3.05) is 13.1 Å². The van der Waals surface area contributed by atoms with Gasteiger partial charge >= 0.3 is 0 Å². The topological polar surface area (TPSA) is 118 Å². The van der Waals surface area contributed by atoms with Gasteiger partial charge in [0.1, 0.15) is 0 Å². The average molecular weight is 320 g/mol. The van der Waals surface area contributed by atoms with Crippen LogP contribution in [-0.2, 0) is 20.0 Å². The minimum atomic E-state index is -3.96. The highest BCUT2D eigenvalue weighted by atomic mass is 32.2. The van der Waals surface area contributed by atoms with Crippen molar-refractivity contribution in [1.82, 2.24) is 4.31 Å². The number of sulfonamides is 2. The van der Waals surface area contributed by atoms with E-state index in [-0.39, 0.29) is 16.3 Å². The molecule has 0 radical (unpaired) electrons. The number of nitrogens with zero attached hydrogens (tertiary/aromatic N) is 1. The summed E-state index contributed by atoms with van der Waals surface area (Å²) in [6, 6.07) is 4.91. The van der Waals surface area contributed by atoms with Gasteiger partial charge in [0.15, 0.2) is 0 Å². The molecule has 0 aliphatic carbocycles. The van der Waals surface area contributed by atoms with Crippen molar-refractivity contribution in [3.05, 3.63) is 24.3 Å². The van der Waals surface area contributed by atoms with Crippen molar-refractivity contribution in [2.24, 2.45) is 5.14 Å². The Bertz CT molecular complexity index is 699. The molecule has 112 valence electrons. The predicted molar refractivity (Wildman–Crippen MR) is 71.8 cm³/mol. The zero-order chi connectivity index (χ0) is 15.0. The molecule has 7 nitrogen and oxygen atoms in total. The van der Waals surface area contributed by atoms with Crippen molar-refractivity contribution in [3.63, 3.8) is 0 Å². The number of aliphatic hydroxyl groups is 1. The zero-order valence-corrected chi connectivity index (χ0v) is 12.3. The van der Waals surface area contributed by atoms with Crippen LogP contribution in [0.25, 0.3) is 0 Å². The van der Waals surface area contributed by atoms with E-state index in [9.17, 15) is 21.9 Å². The number of nitrogens with two attached hydrogens (primary N) is 1. The van der Waals surface area contributed by atoms with E-state index in [0.29, 0.717) is 19.4 Å². The van der Waals surface area contributed by atoms with Gasteiger partial charge in [-0.05, 0) is 31.0 Å². The van der Waals surface area contributed by atoms with Crippen LogP contribution in [0.15, 0.2) is 34.1 Å². The molecule has 0 aromatic heterocycles. The van der Waals surface area contributed by atoms with E-state index in [1.165, 1.54) is 18.2 Å². The summed E-state index contributed by atoms with van der Waals surface area (Å²) >= 11 is 0. The van der Waals surface area contributed by atoms with E-state index in [0.717, 1.165) is 10.4 Å². The fourth-order valence-corrected chi connectivity index (χ4v) is 4.30. The van der Waals surface area contributed by atoms with Crippen LogP contribution in [0.2, 0.25) is 0 Å². The lowest BCUT2D eigenvalue weighted by atomic mass is 10.1. The predicted octanol–water partition coefficient (Wildman–Crippen LogP) is -0.521. The monoisotopic (exact) mass is 320 g/mol. The lowest BCUT2D eigenvalue weighted by molar-refractivity contribution is 0.108. The third-order valence-corrected chi connectivity index (χ3v) is 5.90. The van der Waals surface area contributed by atoms with Gasteiger partial charge in [0.2, 0.25) is 20.0 Å². The molecule has 1 aromatic carbocycles. The molecule has 2 rings (SSSR count). The number of benzene rings is 1. The van der Waals surface area contributed by atoms with Crippen molar-refractivity contribution in [1.29, 1.82) is 0 Å². The standard InChI is InChI=1S/C11H16N2O5S2/c12-19(15,16)10-4-1-5-11(7-10)20(17,18)13-6-2-3-9(14)8-13/h1,4-5,7,9,14H,2-3,6,8H2,(H2,12,15,16)/t9-/m0/s1. The van der Waals surface area contributed by atoms with Crippen molar-refractivity contribution < 1.29 is 21.9 Å². The first-order valence-electron chi connectivity index (χ1n) is 6.02. The molecular weight excluding hydrogens is 304 g/mol. The molecule has 0 saturated carbocycles. The zero-order valence-electron chi connectivity index (χ0n) is 10.6. The van der Waals surface area contributed by atoms with Crippen molar-refractivity contribution in [2.45, 2.75) is 28.7 Å². The SMILES string of the molecule is NS(=O)(=O)c1cccc(S(=O)(=O)N2CCC[C@H](O)C2)c1. The van der Waals surface area contributed by atoms with Gasteiger partial charge in [-0.3, -0.25) is 0 Å². The molecule has 0 bridgehead atoms. The van der Waals surface area contributed by atoms with Crippen LogP contribution in [-0.4, -0.2) is 45.4 Å². The van der Waals surface area contributed by atoms with E-state index < -0.39 is 26.2 Å². The molecule has 9 heteroatoms. The molecule has 1 heterocycles. The van der Waals surface area contributed by atoms with Gasteiger partial charge < -0.3 is 5.11 Å². The molecule has 0 unspecified atom stereocenters. The summed E-state index contributed by atoms with van der Waals surface area (Å²) in [6.07, 6.45) is 0.429. The summed E-state index contributed by atoms with van der Waals surface area (Å²) in [6.45, 7) is 0.320. The maximum atomic E-state index is 12.4. The van der Waals surface area contributed by atoms with Gasteiger partial charge in [0.05, 0.1) is 15.9 Å². The first kappa shape index (κ1) is 15.4. The van der Waals surface area contributed by atoms with Crippen LogP contribution in [0.1, 0.15) is 12.8 Å². The molecule has 1 aromatic rings. The Labute approximate surface area is 118 Å². The number of piperidine rings is 1. The fourth-order valence-electron chi connectivity index (χ4n) is 2.10. The normalized spacial score (nSPS) is 21.8. The summed E-state index contributed by atoms with van der Waals surface area (Å²) in [7, 11) is -7.78. The number of hydrogen-bond acceptors (Lipinski definition) is 5. The van der Waals surface area contributed by atoms with E-state index in [1.54, 1.807) is 0 Å². The van der Waals surface area contributed by atoms with Gasteiger partial charge in [-0.2, -0.15) is 4.31 Å². The molecular formula is C11H16N2O5S2. The van der Waals surface area contributed by atoms with Crippen LogP contribution in [0, 0.1) is 0 Å². The maximum absolute atomic E-state index is 12.4. The first-order valence-corrected chi connectivity index (χ1v) is 9.01. The van der Waals surface area contributed by atoms with Crippen molar-refractivity contribution in [3.8, 4) is 0 Å².